The molecule has 0 atom stereocenters. The van der Waals surface area contributed by atoms with Crippen molar-refractivity contribution in [2.75, 3.05) is 11.4 Å². The van der Waals surface area contributed by atoms with E-state index < -0.39 is 0 Å². The highest BCUT2D eigenvalue weighted by molar-refractivity contribution is 5.79. The molecule has 0 spiro atoms. The van der Waals surface area contributed by atoms with Crippen molar-refractivity contribution in [3.05, 3.63) is 18.0 Å². The van der Waals surface area contributed by atoms with Crippen LogP contribution in [0.2, 0.25) is 0 Å². The SMILES string of the molecule is NC(=O)CN(c1ncc(CNC2CC2)cn1)C1CCCC1. The number of carbonyl (C=O) groups excluding carboxylic acids is 1. The van der Waals surface area contributed by atoms with Crippen molar-refractivity contribution >= 4 is 11.9 Å². The Bertz CT molecular complexity index is 479. The smallest absolute Gasteiger partial charge is 0.237 e. The van der Waals surface area contributed by atoms with Gasteiger partial charge >= 0.3 is 0 Å². The number of nitrogens with two attached hydrogens (primary N) is 1. The predicted molar refractivity (Wildman–Crippen MR) is 80.7 cm³/mol. The summed E-state index contributed by atoms with van der Waals surface area (Å²) < 4.78 is 0. The minimum absolute atomic E-state index is 0.199. The van der Waals surface area contributed by atoms with Crippen molar-refractivity contribution in [1.82, 2.24) is 15.3 Å². The first-order valence-electron chi connectivity index (χ1n) is 7.81. The lowest BCUT2D eigenvalue weighted by Crippen LogP contribution is -2.41. The van der Waals surface area contributed by atoms with Crippen LogP contribution in [0, 0.1) is 0 Å². The van der Waals surface area contributed by atoms with Crippen LogP contribution in [0.5, 0.6) is 0 Å². The molecule has 0 bridgehead atoms. The van der Waals surface area contributed by atoms with Crippen molar-refractivity contribution in [3.63, 3.8) is 0 Å². The minimum atomic E-state index is -0.329. The van der Waals surface area contributed by atoms with Gasteiger partial charge in [-0.1, -0.05) is 12.8 Å². The van der Waals surface area contributed by atoms with Crippen LogP contribution in [0.25, 0.3) is 0 Å². The van der Waals surface area contributed by atoms with Crippen LogP contribution >= 0.6 is 0 Å². The van der Waals surface area contributed by atoms with Crippen molar-refractivity contribution in [2.24, 2.45) is 5.73 Å². The molecule has 1 aromatic rings. The highest BCUT2D eigenvalue weighted by atomic mass is 16.1. The number of primary amides is 1. The Labute approximate surface area is 125 Å². The first-order valence-corrected chi connectivity index (χ1v) is 7.81. The van der Waals surface area contributed by atoms with Gasteiger partial charge in [0.15, 0.2) is 0 Å². The van der Waals surface area contributed by atoms with Gasteiger partial charge < -0.3 is 16.0 Å². The third-order valence-electron chi connectivity index (χ3n) is 4.21. The van der Waals surface area contributed by atoms with Crippen LogP contribution in [0.4, 0.5) is 5.95 Å². The monoisotopic (exact) mass is 289 g/mol. The molecule has 21 heavy (non-hydrogen) atoms. The zero-order valence-electron chi connectivity index (χ0n) is 12.3. The van der Waals surface area contributed by atoms with Gasteiger partial charge in [-0.2, -0.15) is 0 Å². The van der Waals surface area contributed by atoms with Gasteiger partial charge in [-0.15, -0.1) is 0 Å². The van der Waals surface area contributed by atoms with Gasteiger partial charge in [0.1, 0.15) is 0 Å². The van der Waals surface area contributed by atoms with Crippen molar-refractivity contribution in [3.8, 4) is 0 Å². The molecule has 0 unspecified atom stereocenters. The highest BCUT2D eigenvalue weighted by Gasteiger charge is 2.26. The lowest BCUT2D eigenvalue weighted by Gasteiger charge is -2.27. The Kier molecular flexibility index (Phi) is 4.34. The van der Waals surface area contributed by atoms with Gasteiger partial charge in [-0.25, -0.2) is 9.97 Å². The molecule has 0 radical (unpaired) electrons. The Morgan fingerprint density at radius 2 is 1.90 bits per heavy atom. The zero-order chi connectivity index (χ0) is 14.7. The molecule has 2 aliphatic rings. The van der Waals surface area contributed by atoms with Crippen molar-refractivity contribution in [2.45, 2.75) is 57.2 Å². The fraction of sp³-hybridized carbons (Fsp3) is 0.667. The van der Waals surface area contributed by atoms with Crippen LogP contribution in [0.1, 0.15) is 44.1 Å². The molecule has 3 rings (SSSR count). The molecular weight excluding hydrogens is 266 g/mol. The highest BCUT2D eigenvalue weighted by Crippen LogP contribution is 2.26. The standard InChI is InChI=1S/C15H23N5O/c16-14(21)10-20(13-3-1-2-4-13)15-18-8-11(9-19-15)7-17-12-5-6-12/h8-9,12-13,17H,1-7,10H2,(H2,16,21). The zero-order valence-corrected chi connectivity index (χ0v) is 12.3. The summed E-state index contributed by atoms with van der Waals surface area (Å²) in [6, 6.07) is 1.02. The molecule has 1 aromatic heterocycles. The van der Waals surface area contributed by atoms with Gasteiger partial charge in [-0.3, -0.25) is 4.79 Å². The molecule has 3 N–H and O–H groups in total. The molecule has 114 valence electrons. The van der Waals surface area contributed by atoms with Crippen molar-refractivity contribution in [1.29, 1.82) is 0 Å². The maximum Gasteiger partial charge on any atom is 0.237 e. The summed E-state index contributed by atoms with van der Waals surface area (Å²) in [5, 5.41) is 3.44. The van der Waals surface area contributed by atoms with Gasteiger partial charge in [0.2, 0.25) is 11.9 Å². The second-order valence-electron chi connectivity index (χ2n) is 6.08. The van der Waals surface area contributed by atoms with Crippen LogP contribution in [0.15, 0.2) is 12.4 Å². The van der Waals surface area contributed by atoms with Gasteiger partial charge in [-0.05, 0) is 25.7 Å². The number of hydrogen-bond donors (Lipinski definition) is 2. The van der Waals surface area contributed by atoms with Crippen LogP contribution in [-0.2, 0) is 11.3 Å². The first-order chi connectivity index (χ1) is 10.2. The number of hydrogen-bond acceptors (Lipinski definition) is 5. The molecule has 1 amide bonds. The third-order valence-corrected chi connectivity index (χ3v) is 4.21. The van der Waals surface area contributed by atoms with Gasteiger partial charge in [0.25, 0.3) is 0 Å². The number of anilines is 1. The van der Waals surface area contributed by atoms with E-state index in [2.05, 4.69) is 15.3 Å². The van der Waals surface area contributed by atoms with E-state index in [9.17, 15) is 4.79 Å². The normalized spacial score (nSPS) is 18.9. The van der Waals surface area contributed by atoms with E-state index >= 15 is 0 Å². The molecule has 0 aliphatic heterocycles. The van der Waals surface area contributed by atoms with E-state index in [4.69, 9.17) is 5.73 Å². The Morgan fingerprint density at radius 1 is 1.24 bits per heavy atom. The summed E-state index contributed by atoms with van der Waals surface area (Å²) in [5.41, 5.74) is 6.45. The van der Waals surface area contributed by atoms with E-state index in [0.29, 0.717) is 18.0 Å². The molecule has 2 saturated carbocycles. The fourth-order valence-electron chi connectivity index (χ4n) is 2.88. The lowest BCUT2D eigenvalue weighted by atomic mass is 10.2. The molecule has 6 heteroatoms. The van der Waals surface area contributed by atoms with E-state index in [1.165, 1.54) is 25.7 Å². The predicted octanol–water partition coefficient (Wildman–Crippen LogP) is 0.963. The third kappa shape index (κ3) is 3.91. The maximum atomic E-state index is 11.3. The van der Waals surface area contributed by atoms with Gasteiger partial charge in [0.05, 0.1) is 6.54 Å². The lowest BCUT2D eigenvalue weighted by molar-refractivity contribution is -0.116. The first kappa shape index (κ1) is 14.3. The topological polar surface area (TPSA) is 84.1 Å². The molecular formula is C15H23N5O. The summed E-state index contributed by atoms with van der Waals surface area (Å²) >= 11 is 0. The number of nitrogens with one attached hydrogen (secondary N) is 1. The average molecular weight is 289 g/mol. The number of nitrogens with zero attached hydrogens (tertiary/aromatic N) is 3. The second kappa shape index (κ2) is 6.39. The Hall–Kier alpha value is -1.69. The number of carbonyl (C=O) groups is 1. The molecule has 0 saturated heterocycles. The van der Waals surface area contributed by atoms with Crippen molar-refractivity contribution < 1.29 is 4.79 Å². The summed E-state index contributed by atoms with van der Waals surface area (Å²) in [6.45, 7) is 1.01. The second-order valence-corrected chi connectivity index (χ2v) is 6.08. The summed E-state index contributed by atoms with van der Waals surface area (Å²) in [7, 11) is 0. The van der Waals surface area contributed by atoms with Crippen LogP contribution in [0.3, 0.4) is 0 Å². The van der Waals surface area contributed by atoms with Gasteiger partial charge in [0, 0.05) is 36.6 Å². The fourth-order valence-corrected chi connectivity index (χ4v) is 2.88. The molecule has 1 heterocycles. The van der Waals surface area contributed by atoms with E-state index in [0.717, 1.165) is 24.9 Å². The largest absolute Gasteiger partial charge is 0.368 e. The quantitative estimate of drug-likeness (QED) is 0.781. The van der Waals surface area contributed by atoms with Crippen LogP contribution < -0.4 is 16.0 Å². The summed E-state index contributed by atoms with van der Waals surface area (Å²) in [5.74, 6) is 0.292. The average Bonchev–Trinajstić information content (AvgIpc) is 3.15. The maximum absolute atomic E-state index is 11.3. The Morgan fingerprint density at radius 3 is 2.48 bits per heavy atom. The summed E-state index contributed by atoms with van der Waals surface area (Å²) in [4.78, 5) is 22.2. The van der Waals surface area contributed by atoms with E-state index in [-0.39, 0.29) is 12.5 Å². The minimum Gasteiger partial charge on any atom is -0.368 e. The molecule has 0 aromatic carbocycles. The molecule has 6 nitrogen and oxygen atoms in total. The molecule has 2 fully saturated rings. The molecule has 2 aliphatic carbocycles. The number of aromatic nitrogens is 2. The van der Waals surface area contributed by atoms with Crippen LogP contribution in [-0.4, -0.2) is 34.5 Å². The number of amides is 1. The summed E-state index contributed by atoms with van der Waals surface area (Å²) in [6.07, 6.45) is 10.8. The van der Waals surface area contributed by atoms with E-state index in [1.807, 2.05) is 17.3 Å². The Balaban J connectivity index is 1.66. The van der Waals surface area contributed by atoms with E-state index in [1.54, 1.807) is 0 Å². The number of rotatable bonds is 7.